The number of rotatable bonds is 28. The van der Waals surface area contributed by atoms with Gasteiger partial charge in [0, 0.05) is 0 Å². The van der Waals surface area contributed by atoms with Crippen LogP contribution >= 0.6 is 0 Å². The van der Waals surface area contributed by atoms with E-state index in [1.54, 1.807) is 0 Å². The molecule has 0 N–H and O–H groups in total. The molecule has 0 spiro atoms. The predicted octanol–water partition coefficient (Wildman–Crippen LogP) is 9.37. The van der Waals surface area contributed by atoms with Crippen LogP contribution in [0, 0.1) is 23.7 Å². The normalized spacial score (nSPS) is 10.7. The summed E-state index contributed by atoms with van der Waals surface area (Å²) in [5, 5.41) is 40.3. The van der Waals surface area contributed by atoms with Gasteiger partial charge in [-0.3, -0.25) is 0 Å². The fourth-order valence-corrected chi connectivity index (χ4v) is 4.74. The molecule has 0 bridgehead atoms. The molecule has 0 aliphatic carbocycles. The van der Waals surface area contributed by atoms with Crippen LogP contribution in [0.3, 0.4) is 0 Å². The molecule has 0 fully saturated rings. The van der Waals surface area contributed by atoms with Crippen LogP contribution in [0.15, 0.2) is 0 Å². The maximum absolute atomic E-state index is 10.1. The third kappa shape index (κ3) is 76.1. The topological polar surface area (TPSA) is 92.2 Å². The number of hydrogen-bond acceptors (Lipinski definition) is 4. The molecule has 272 valence electrons. The van der Waals surface area contributed by atoms with E-state index in [1.165, 1.54) is 103 Å². The van der Waals surface area contributed by atoms with Crippen molar-refractivity contribution in [1.29, 1.82) is 0 Å². The van der Waals surface area contributed by atoms with Crippen molar-refractivity contribution in [3.05, 3.63) is 0 Å². The van der Waals surface area contributed by atoms with Crippen LogP contribution in [0.5, 0.6) is 0 Å². The van der Waals surface area contributed by atoms with E-state index in [9.17, 15) is 20.4 Å². The van der Waals surface area contributed by atoms with E-state index >= 15 is 0 Å². The first-order valence-corrected chi connectivity index (χ1v) is 19.4. The standard InChI is InChI=1S/4C10H21O.Ti/c4*1-10(2)8-6-4-3-5-7-9-11;/h4*10H,3-9H2,1-2H3;/q4*-1;+4. The average molecular weight is 677 g/mol. The second-order valence-electron chi connectivity index (χ2n) is 14.6. The predicted molar refractivity (Wildman–Crippen MR) is 190 cm³/mol. The molecule has 0 radical (unpaired) electrons. The first kappa shape index (κ1) is 55.0. The Kier molecular flexibility index (Phi) is 62.8. The summed E-state index contributed by atoms with van der Waals surface area (Å²) in [7, 11) is 0. The molecular weight excluding hydrogens is 592 g/mol. The van der Waals surface area contributed by atoms with Gasteiger partial charge in [0.25, 0.3) is 0 Å². The van der Waals surface area contributed by atoms with E-state index in [1.807, 2.05) is 0 Å². The molecule has 0 saturated carbocycles. The molecule has 45 heavy (non-hydrogen) atoms. The Hall–Kier alpha value is 0.554. The minimum Gasteiger partial charge on any atom is -0.854 e. The van der Waals surface area contributed by atoms with E-state index in [-0.39, 0.29) is 48.1 Å². The van der Waals surface area contributed by atoms with Crippen LogP contribution in [-0.2, 0) is 21.7 Å². The summed E-state index contributed by atoms with van der Waals surface area (Å²) in [4.78, 5) is 0. The fraction of sp³-hybridized carbons (Fsp3) is 1.00. The van der Waals surface area contributed by atoms with Crippen molar-refractivity contribution in [2.45, 2.75) is 209 Å². The third-order valence-corrected chi connectivity index (χ3v) is 7.70. The summed E-state index contributed by atoms with van der Waals surface area (Å²) in [5.74, 6) is 3.37. The molecule has 0 unspecified atom stereocenters. The zero-order valence-electron chi connectivity index (χ0n) is 32.2. The molecule has 4 nitrogen and oxygen atoms in total. The molecule has 0 aliphatic heterocycles. The van der Waals surface area contributed by atoms with E-state index < -0.39 is 0 Å². The monoisotopic (exact) mass is 677 g/mol. The minimum atomic E-state index is 0. The van der Waals surface area contributed by atoms with Gasteiger partial charge in [-0.05, 0) is 23.7 Å². The van der Waals surface area contributed by atoms with E-state index in [0.29, 0.717) is 0 Å². The van der Waals surface area contributed by atoms with Crippen LogP contribution in [0.2, 0.25) is 0 Å². The van der Waals surface area contributed by atoms with Crippen molar-refractivity contribution >= 4 is 0 Å². The minimum absolute atomic E-state index is 0. The maximum atomic E-state index is 10.1. The summed E-state index contributed by atoms with van der Waals surface area (Å²) >= 11 is 0. The summed E-state index contributed by atoms with van der Waals surface area (Å²) in [5.41, 5.74) is 0. The number of unbranched alkanes of at least 4 members (excludes halogenated alkanes) is 16. The van der Waals surface area contributed by atoms with Gasteiger partial charge in [0.15, 0.2) is 0 Å². The Balaban J connectivity index is -0.000000157. The van der Waals surface area contributed by atoms with Crippen molar-refractivity contribution in [2.24, 2.45) is 23.7 Å². The second-order valence-corrected chi connectivity index (χ2v) is 14.6. The van der Waals surface area contributed by atoms with Gasteiger partial charge in [-0.15, -0.1) is 26.4 Å². The summed E-state index contributed by atoms with van der Waals surface area (Å²) in [6, 6.07) is 0. The molecular formula is C40H84O4Ti. The smallest absolute Gasteiger partial charge is 0.854 e. The molecule has 0 aromatic heterocycles. The van der Waals surface area contributed by atoms with Crippen LogP contribution in [0.25, 0.3) is 0 Å². The van der Waals surface area contributed by atoms with Crippen molar-refractivity contribution in [3.63, 3.8) is 0 Å². The van der Waals surface area contributed by atoms with E-state index in [0.717, 1.165) is 75.0 Å². The maximum Gasteiger partial charge on any atom is 4.00 e. The zero-order valence-corrected chi connectivity index (χ0v) is 33.8. The molecule has 0 rings (SSSR count). The van der Waals surface area contributed by atoms with Crippen molar-refractivity contribution in [1.82, 2.24) is 0 Å². The van der Waals surface area contributed by atoms with E-state index in [2.05, 4.69) is 55.4 Å². The Bertz CT molecular complexity index is 364. The fourth-order valence-electron chi connectivity index (χ4n) is 4.74. The summed E-state index contributed by atoms with van der Waals surface area (Å²) < 4.78 is 0. The molecule has 0 heterocycles. The van der Waals surface area contributed by atoms with Gasteiger partial charge in [0.05, 0.1) is 0 Å². The molecule has 0 aromatic carbocycles. The first-order chi connectivity index (χ1) is 21.1. The van der Waals surface area contributed by atoms with Crippen LogP contribution in [-0.4, -0.2) is 26.4 Å². The Morgan fingerprint density at radius 1 is 0.244 bits per heavy atom. The average Bonchev–Trinajstić information content (AvgIpc) is 2.97. The van der Waals surface area contributed by atoms with Gasteiger partial charge >= 0.3 is 21.7 Å². The molecule has 0 atom stereocenters. The largest absolute Gasteiger partial charge is 4.00 e. The third-order valence-electron chi connectivity index (χ3n) is 7.70. The Morgan fingerprint density at radius 3 is 0.511 bits per heavy atom. The van der Waals surface area contributed by atoms with Crippen LogP contribution < -0.4 is 20.4 Å². The van der Waals surface area contributed by atoms with E-state index in [4.69, 9.17) is 0 Å². The van der Waals surface area contributed by atoms with Crippen LogP contribution in [0.1, 0.15) is 209 Å². The SMILES string of the molecule is CC(C)CCCCCCC[O-].CC(C)CCCCCCC[O-].CC(C)CCCCCCC[O-].CC(C)CCCCCCC[O-].[Ti+4]. The molecule has 5 heteroatoms. The number of hydrogen-bond donors (Lipinski definition) is 0. The summed E-state index contributed by atoms with van der Waals surface area (Å²) in [6.45, 7) is 18.6. The Labute approximate surface area is 300 Å². The first-order valence-electron chi connectivity index (χ1n) is 19.4. The molecule has 0 aromatic rings. The van der Waals surface area contributed by atoms with Crippen molar-refractivity contribution < 1.29 is 42.1 Å². The van der Waals surface area contributed by atoms with Gasteiger partial charge < -0.3 is 20.4 Å². The van der Waals surface area contributed by atoms with Crippen molar-refractivity contribution in [3.8, 4) is 0 Å². The van der Waals surface area contributed by atoms with Gasteiger partial charge in [-0.25, -0.2) is 0 Å². The Morgan fingerprint density at radius 2 is 0.378 bits per heavy atom. The van der Waals surface area contributed by atoms with Gasteiger partial charge in [0.2, 0.25) is 0 Å². The second kappa shape index (κ2) is 51.4. The summed E-state index contributed by atoms with van der Waals surface area (Å²) in [6.07, 6.45) is 29.1. The molecule has 0 saturated heterocycles. The van der Waals surface area contributed by atoms with Gasteiger partial charge in [-0.1, -0.05) is 209 Å². The van der Waals surface area contributed by atoms with Gasteiger partial charge in [-0.2, -0.15) is 0 Å². The molecule has 0 amide bonds. The molecule has 0 aliphatic rings. The quantitative estimate of drug-likeness (QED) is 0.0610. The van der Waals surface area contributed by atoms with Gasteiger partial charge in [0.1, 0.15) is 0 Å². The zero-order chi connectivity index (χ0) is 34.1. The van der Waals surface area contributed by atoms with Crippen molar-refractivity contribution in [2.75, 3.05) is 26.4 Å². The van der Waals surface area contributed by atoms with Crippen LogP contribution in [0.4, 0.5) is 0 Å².